The van der Waals surface area contributed by atoms with Gasteiger partial charge in [0, 0.05) is 18.3 Å². The molecule has 0 atom stereocenters. The normalized spacial score (nSPS) is 10.3. The molecule has 0 aliphatic rings. The van der Waals surface area contributed by atoms with Gasteiger partial charge in [0.1, 0.15) is 0 Å². The summed E-state index contributed by atoms with van der Waals surface area (Å²) in [5.41, 5.74) is -0.482. The molecule has 0 bridgehead atoms. The van der Waals surface area contributed by atoms with Gasteiger partial charge in [-0.2, -0.15) is 0 Å². The number of carbonyl (C=O) groups excluding carboxylic acids is 2. The summed E-state index contributed by atoms with van der Waals surface area (Å²) in [6, 6.07) is 6.06. The standard InChI is InChI=1S/C15H10F4N2O2/c1-7(22)20-8-3-2-4-9(5-8)21-15(23)10-6-11(16)13(18)14(19)12(10)17/h2-6H,1H3,(H,20,22)(H,21,23). The van der Waals surface area contributed by atoms with Gasteiger partial charge in [-0.3, -0.25) is 9.59 Å². The second kappa shape index (κ2) is 6.47. The van der Waals surface area contributed by atoms with Gasteiger partial charge in [0.15, 0.2) is 23.3 Å². The van der Waals surface area contributed by atoms with Crippen LogP contribution in [0.2, 0.25) is 0 Å². The molecule has 2 amide bonds. The number of benzene rings is 2. The van der Waals surface area contributed by atoms with Crippen molar-refractivity contribution in [2.45, 2.75) is 6.92 Å². The van der Waals surface area contributed by atoms with Gasteiger partial charge in [0.25, 0.3) is 5.91 Å². The van der Waals surface area contributed by atoms with Crippen LogP contribution in [0, 0.1) is 23.3 Å². The number of nitrogens with one attached hydrogen (secondary N) is 2. The highest BCUT2D eigenvalue weighted by Gasteiger charge is 2.23. The van der Waals surface area contributed by atoms with E-state index in [2.05, 4.69) is 10.6 Å². The summed E-state index contributed by atoms with van der Waals surface area (Å²) >= 11 is 0. The molecule has 0 aliphatic heterocycles. The van der Waals surface area contributed by atoms with Crippen LogP contribution in [0.5, 0.6) is 0 Å². The second-order valence-electron chi connectivity index (χ2n) is 4.56. The lowest BCUT2D eigenvalue weighted by Crippen LogP contribution is -2.16. The van der Waals surface area contributed by atoms with Gasteiger partial charge in [-0.05, 0) is 24.3 Å². The van der Waals surface area contributed by atoms with Crippen LogP contribution in [0.3, 0.4) is 0 Å². The predicted octanol–water partition coefficient (Wildman–Crippen LogP) is 3.45. The summed E-state index contributed by atoms with van der Waals surface area (Å²) in [4.78, 5) is 22.8. The molecule has 0 fully saturated rings. The molecule has 2 rings (SSSR count). The Morgan fingerprint density at radius 1 is 0.870 bits per heavy atom. The summed E-state index contributed by atoms with van der Waals surface area (Å²) in [6.45, 7) is 1.28. The minimum absolute atomic E-state index is 0.144. The average molecular weight is 326 g/mol. The topological polar surface area (TPSA) is 58.2 Å². The summed E-state index contributed by atoms with van der Waals surface area (Å²) in [7, 11) is 0. The second-order valence-corrected chi connectivity index (χ2v) is 4.56. The molecule has 0 spiro atoms. The molecule has 0 unspecified atom stereocenters. The maximum absolute atomic E-state index is 13.5. The van der Waals surface area contributed by atoms with Gasteiger partial charge in [-0.1, -0.05) is 6.07 Å². The molecule has 0 radical (unpaired) electrons. The maximum atomic E-state index is 13.5. The molecule has 2 aromatic carbocycles. The molecule has 0 saturated carbocycles. The highest BCUT2D eigenvalue weighted by Crippen LogP contribution is 2.21. The van der Waals surface area contributed by atoms with Crippen LogP contribution < -0.4 is 10.6 Å². The third kappa shape index (κ3) is 3.65. The molecule has 0 aliphatic carbocycles. The Kier molecular flexibility index (Phi) is 4.63. The van der Waals surface area contributed by atoms with Crippen LogP contribution in [-0.2, 0) is 4.79 Å². The number of halogens is 4. The van der Waals surface area contributed by atoms with Crippen molar-refractivity contribution in [1.82, 2.24) is 0 Å². The van der Waals surface area contributed by atoms with Gasteiger partial charge in [-0.25, -0.2) is 17.6 Å². The zero-order chi connectivity index (χ0) is 17.1. The first-order valence-corrected chi connectivity index (χ1v) is 6.31. The van der Waals surface area contributed by atoms with E-state index in [9.17, 15) is 27.2 Å². The summed E-state index contributed by atoms with van der Waals surface area (Å²) in [5, 5.41) is 4.66. The van der Waals surface area contributed by atoms with Crippen molar-refractivity contribution in [2.24, 2.45) is 0 Å². The minimum Gasteiger partial charge on any atom is -0.326 e. The first-order valence-electron chi connectivity index (χ1n) is 6.31. The number of hydrogen-bond donors (Lipinski definition) is 2. The predicted molar refractivity (Wildman–Crippen MR) is 75.0 cm³/mol. The Hall–Kier alpha value is -2.90. The van der Waals surface area contributed by atoms with Crippen LogP contribution in [0.1, 0.15) is 17.3 Å². The van der Waals surface area contributed by atoms with E-state index in [1.807, 2.05) is 0 Å². The van der Waals surface area contributed by atoms with E-state index >= 15 is 0 Å². The molecule has 23 heavy (non-hydrogen) atoms. The Balaban J connectivity index is 2.28. The minimum atomic E-state index is -2.07. The van der Waals surface area contributed by atoms with Crippen LogP contribution in [0.4, 0.5) is 28.9 Å². The summed E-state index contributed by atoms with van der Waals surface area (Å²) < 4.78 is 52.7. The SMILES string of the molecule is CC(=O)Nc1cccc(NC(=O)c2cc(F)c(F)c(F)c2F)c1. The van der Waals surface area contributed by atoms with Crippen LogP contribution in [0.25, 0.3) is 0 Å². The van der Waals surface area contributed by atoms with Crippen molar-refractivity contribution in [2.75, 3.05) is 10.6 Å². The molecule has 2 N–H and O–H groups in total. The monoisotopic (exact) mass is 326 g/mol. The largest absolute Gasteiger partial charge is 0.326 e. The molecule has 2 aromatic rings. The average Bonchev–Trinajstić information content (AvgIpc) is 2.48. The van der Waals surface area contributed by atoms with E-state index in [1.54, 1.807) is 0 Å². The number of hydrogen-bond acceptors (Lipinski definition) is 2. The highest BCUT2D eigenvalue weighted by molar-refractivity contribution is 6.04. The fraction of sp³-hybridized carbons (Fsp3) is 0.0667. The van der Waals surface area contributed by atoms with Gasteiger partial charge in [0.05, 0.1) is 5.56 Å². The molecule has 0 heterocycles. The lowest BCUT2D eigenvalue weighted by atomic mass is 10.1. The zero-order valence-corrected chi connectivity index (χ0v) is 11.7. The Bertz CT molecular complexity index is 793. The fourth-order valence-electron chi connectivity index (χ4n) is 1.81. The fourth-order valence-corrected chi connectivity index (χ4v) is 1.81. The molecule has 0 saturated heterocycles. The van der Waals surface area contributed by atoms with E-state index in [4.69, 9.17) is 0 Å². The van der Waals surface area contributed by atoms with Crippen molar-refractivity contribution >= 4 is 23.2 Å². The lowest BCUT2D eigenvalue weighted by Gasteiger charge is -2.09. The third-order valence-electron chi connectivity index (χ3n) is 2.79. The molecular weight excluding hydrogens is 316 g/mol. The summed E-state index contributed by atoms with van der Waals surface area (Å²) in [6.07, 6.45) is 0. The van der Waals surface area contributed by atoms with Crippen LogP contribution in [-0.4, -0.2) is 11.8 Å². The van der Waals surface area contributed by atoms with Crippen molar-refractivity contribution in [1.29, 1.82) is 0 Å². The van der Waals surface area contributed by atoms with E-state index in [1.165, 1.54) is 31.2 Å². The molecule has 0 aromatic heterocycles. The van der Waals surface area contributed by atoms with Crippen LogP contribution in [0.15, 0.2) is 30.3 Å². The van der Waals surface area contributed by atoms with Crippen LogP contribution >= 0.6 is 0 Å². The number of rotatable bonds is 3. The van der Waals surface area contributed by atoms with E-state index < -0.39 is 34.7 Å². The van der Waals surface area contributed by atoms with Crippen molar-refractivity contribution in [3.05, 3.63) is 59.2 Å². The Morgan fingerprint density at radius 3 is 2.09 bits per heavy atom. The first kappa shape index (κ1) is 16.5. The quantitative estimate of drug-likeness (QED) is 0.516. The highest BCUT2D eigenvalue weighted by atomic mass is 19.2. The van der Waals surface area contributed by atoms with Gasteiger partial charge >= 0.3 is 0 Å². The maximum Gasteiger partial charge on any atom is 0.258 e. The van der Waals surface area contributed by atoms with Crippen molar-refractivity contribution in [3.63, 3.8) is 0 Å². The van der Waals surface area contributed by atoms with Gasteiger partial charge in [0.2, 0.25) is 5.91 Å². The van der Waals surface area contributed by atoms with E-state index in [0.29, 0.717) is 5.69 Å². The summed E-state index contributed by atoms with van der Waals surface area (Å²) in [5.74, 6) is -9.04. The van der Waals surface area contributed by atoms with E-state index in [0.717, 1.165) is 0 Å². The number of amides is 2. The molecular formula is C15H10F4N2O2. The number of carbonyl (C=O) groups is 2. The number of anilines is 2. The Labute approximate surface area is 128 Å². The molecule has 8 heteroatoms. The molecule has 4 nitrogen and oxygen atoms in total. The molecule has 120 valence electrons. The van der Waals surface area contributed by atoms with E-state index in [-0.39, 0.29) is 17.7 Å². The van der Waals surface area contributed by atoms with Crippen molar-refractivity contribution in [3.8, 4) is 0 Å². The van der Waals surface area contributed by atoms with Gasteiger partial charge < -0.3 is 10.6 Å². The van der Waals surface area contributed by atoms with Crippen molar-refractivity contribution < 1.29 is 27.2 Å². The lowest BCUT2D eigenvalue weighted by molar-refractivity contribution is -0.114. The first-order chi connectivity index (χ1) is 10.8. The third-order valence-corrected chi connectivity index (χ3v) is 2.79. The van der Waals surface area contributed by atoms with Gasteiger partial charge in [-0.15, -0.1) is 0 Å². The Morgan fingerprint density at radius 2 is 1.48 bits per heavy atom. The zero-order valence-electron chi connectivity index (χ0n) is 11.7. The smallest absolute Gasteiger partial charge is 0.258 e.